The minimum absolute atomic E-state index is 1.01. The summed E-state index contributed by atoms with van der Waals surface area (Å²) < 4.78 is 0. The van der Waals surface area contributed by atoms with Gasteiger partial charge in [-0.25, -0.2) is 0 Å². The fraction of sp³-hybridized carbons (Fsp3) is 0.750. The minimum Gasteiger partial charge on any atom is -0.295 e. The average Bonchev–Trinajstić information content (AvgIpc) is 2.74. The fourth-order valence-corrected chi connectivity index (χ4v) is 1.45. The van der Waals surface area contributed by atoms with Crippen LogP contribution in [0.1, 0.15) is 12.8 Å². The van der Waals surface area contributed by atoms with Gasteiger partial charge in [0, 0.05) is 38.4 Å². The second-order valence-electron chi connectivity index (χ2n) is 3.08. The number of nitrogens with zero attached hydrogens (tertiary/aromatic N) is 4. The molecule has 4 heteroatoms. The summed E-state index contributed by atoms with van der Waals surface area (Å²) in [5, 5.41) is 12.7. The molecular weight excluding hydrogens is 152 g/mol. The summed E-state index contributed by atoms with van der Waals surface area (Å²) in [6.07, 6.45) is 6.16. The van der Waals surface area contributed by atoms with Crippen LogP contribution in [0, 0.1) is 0 Å². The van der Waals surface area contributed by atoms with Crippen LogP contribution in [0.25, 0.3) is 0 Å². The Bertz CT molecular complexity index is 177. The van der Waals surface area contributed by atoms with Gasteiger partial charge in [-0.05, 0) is 0 Å². The van der Waals surface area contributed by atoms with Crippen LogP contribution in [0.5, 0.6) is 0 Å². The zero-order valence-electron chi connectivity index (χ0n) is 7.19. The van der Waals surface area contributed by atoms with Crippen molar-refractivity contribution in [3.05, 3.63) is 0 Å². The topological polar surface area (TPSA) is 31.2 Å². The van der Waals surface area contributed by atoms with Crippen LogP contribution in [0.3, 0.4) is 0 Å². The summed E-state index contributed by atoms with van der Waals surface area (Å²) in [5.41, 5.74) is 0. The highest BCUT2D eigenvalue weighted by Crippen LogP contribution is 2.02. The Morgan fingerprint density at radius 2 is 1.42 bits per heavy atom. The third kappa shape index (κ3) is 1.75. The van der Waals surface area contributed by atoms with E-state index in [9.17, 15) is 0 Å². The molecule has 2 aliphatic heterocycles. The molecule has 66 valence electrons. The molecule has 0 N–H and O–H groups in total. The van der Waals surface area contributed by atoms with Crippen molar-refractivity contribution in [1.29, 1.82) is 0 Å². The lowest BCUT2D eigenvalue weighted by molar-refractivity contribution is 0.238. The average molecular weight is 166 g/mol. The van der Waals surface area contributed by atoms with Gasteiger partial charge in [0.25, 0.3) is 0 Å². The molecule has 0 atom stereocenters. The van der Waals surface area contributed by atoms with E-state index in [0.717, 1.165) is 39.0 Å². The molecule has 2 rings (SSSR count). The third-order valence-electron chi connectivity index (χ3n) is 2.14. The predicted octanol–water partition coefficient (Wildman–Crippen LogP) is 0.369. The quantitative estimate of drug-likeness (QED) is 0.606. The SMILES string of the molecule is C1=NN(CCN2CCC=N2)CC1. The lowest BCUT2D eigenvalue weighted by atomic mass is 10.4. The summed E-state index contributed by atoms with van der Waals surface area (Å²) in [4.78, 5) is 0. The molecule has 4 nitrogen and oxygen atoms in total. The van der Waals surface area contributed by atoms with Gasteiger partial charge in [-0.15, -0.1) is 0 Å². The van der Waals surface area contributed by atoms with Crippen molar-refractivity contribution < 1.29 is 0 Å². The second kappa shape index (κ2) is 3.56. The summed E-state index contributed by atoms with van der Waals surface area (Å²) in [6, 6.07) is 0. The monoisotopic (exact) mass is 166 g/mol. The van der Waals surface area contributed by atoms with Gasteiger partial charge >= 0.3 is 0 Å². The van der Waals surface area contributed by atoms with E-state index in [0.29, 0.717) is 0 Å². The van der Waals surface area contributed by atoms with Gasteiger partial charge in [-0.3, -0.25) is 10.0 Å². The molecule has 0 aromatic heterocycles. The van der Waals surface area contributed by atoms with Gasteiger partial charge in [0.1, 0.15) is 0 Å². The smallest absolute Gasteiger partial charge is 0.0552 e. The molecule has 0 bridgehead atoms. The van der Waals surface area contributed by atoms with Crippen LogP contribution in [-0.4, -0.2) is 48.6 Å². The van der Waals surface area contributed by atoms with E-state index in [1.54, 1.807) is 0 Å². The summed E-state index contributed by atoms with van der Waals surface area (Å²) in [7, 11) is 0. The normalized spacial score (nSPS) is 21.3. The number of hydrazone groups is 2. The first kappa shape index (κ1) is 7.58. The number of hydrogen-bond donors (Lipinski definition) is 0. The van der Waals surface area contributed by atoms with Crippen molar-refractivity contribution >= 4 is 12.4 Å². The van der Waals surface area contributed by atoms with Crippen molar-refractivity contribution in [1.82, 2.24) is 10.0 Å². The molecule has 0 spiro atoms. The maximum absolute atomic E-state index is 4.23. The number of hydrogen-bond acceptors (Lipinski definition) is 4. The van der Waals surface area contributed by atoms with E-state index in [2.05, 4.69) is 20.2 Å². The van der Waals surface area contributed by atoms with E-state index in [1.807, 2.05) is 12.4 Å². The highest BCUT2D eigenvalue weighted by Gasteiger charge is 2.09. The number of rotatable bonds is 3. The molecule has 0 aliphatic carbocycles. The van der Waals surface area contributed by atoms with Crippen LogP contribution >= 0.6 is 0 Å². The Balaban J connectivity index is 1.67. The molecule has 0 unspecified atom stereocenters. The van der Waals surface area contributed by atoms with Crippen LogP contribution in [0.2, 0.25) is 0 Å². The summed E-state index contributed by atoms with van der Waals surface area (Å²) >= 11 is 0. The lowest BCUT2D eigenvalue weighted by Crippen LogP contribution is -2.27. The van der Waals surface area contributed by atoms with Gasteiger partial charge in [-0.2, -0.15) is 10.2 Å². The Kier molecular flexibility index (Phi) is 2.25. The molecule has 2 aliphatic rings. The molecular formula is C8H14N4. The Labute approximate surface area is 72.5 Å². The van der Waals surface area contributed by atoms with E-state index in [4.69, 9.17) is 0 Å². The standard InChI is InChI=1S/C8H14N4/c1-3-9-11(5-1)7-8-12-6-2-4-10-12/h3-4H,1-2,5-8H2. The minimum atomic E-state index is 1.01. The van der Waals surface area contributed by atoms with Crippen molar-refractivity contribution in [2.75, 3.05) is 26.2 Å². The summed E-state index contributed by atoms with van der Waals surface area (Å²) in [5.74, 6) is 0. The van der Waals surface area contributed by atoms with Gasteiger partial charge in [-0.1, -0.05) is 0 Å². The zero-order valence-corrected chi connectivity index (χ0v) is 7.19. The van der Waals surface area contributed by atoms with Gasteiger partial charge < -0.3 is 0 Å². The molecule has 0 fully saturated rings. The van der Waals surface area contributed by atoms with E-state index in [1.165, 1.54) is 0 Å². The molecule has 0 saturated heterocycles. The van der Waals surface area contributed by atoms with E-state index < -0.39 is 0 Å². The van der Waals surface area contributed by atoms with Crippen LogP contribution < -0.4 is 0 Å². The van der Waals surface area contributed by atoms with Gasteiger partial charge in [0.05, 0.1) is 13.1 Å². The molecule has 0 amide bonds. The second-order valence-corrected chi connectivity index (χ2v) is 3.08. The van der Waals surface area contributed by atoms with Gasteiger partial charge in [0.2, 0.25) is 0 Å². The van der Waals surface area contributed by atoms with Crippen molar-refractivity contribution in [2.24, 2.45) is 10.2 Å². The summed E-state index contributed by atoms with van der Waals surface area (Å²) in [6.45, 7) is 4.18. The van der Waals surface area contributed by atoms with E-state index >= 15 is 0 Å². The Morgan fingerprint density at radius 3 is 1.75 bits per heavy atom. The highest BCUT2D eigenvalue weighted by molar-refractivity contribution is 5.59. The molecule has 0 aromatic rings. The molecule has 0 saturated carbocycles. The fourth-order valence-electron chi connectivity index (χ4n) is 1.45. The van der Waals surface area contributed by atoms with Gasteiger partial charge in [0.15, 0.2) is 0 Å². The first-order valence-electron chi connectivity index (χ1n) is 4.50. The van der Waals surface area contributed by atoms with Crippen molar-refractivity contribution in [3.63, 3.8) is 0 Å². The highest BCUT2D eigenvalue weighted by atomic mass is 15.5. The zero-order chi connectivity index (χ0) is 8.23. The lowest BCUT2D eigenvalue weighted by Gasteiger charge is -2.18. The van der Waals surface area contributed by atoms with Crippen LogP contribution in [0.15, 0.2) is 10.2 Å². The van der Waals surface area contributed by atoms with Crippen molar-refractivity contribution in [2.45, 2.75) is 12.8 Å². The van der Waals surface area contributed by atoms with Crippen molar-refractivity contribution in [3.8, 4) is 0 Å². The van der Waals surface area contributed by atoms with E-state index in [-0.39, 0.29) is 0 Å². The van der Waals surface area contributed by atoms with Crippen LogP contribution in [0.4, 0.5) is 0 Å². The third-order valence-corrected chi connectivity index (χ3v) is 2.14. The predicted molar refractivity (Wildman–Crippen MR) is 49.4 cm³/mol. The maximum Gasteiger partial charge on any atom is 0.0552 e. The maximum atomic E-state index is 4.23. The molecule has 0 radical (unpaired) electrons. The van der Waals surface area contributed by atoms with Crippen LogP contribution in [-0.2, 0) is 0 Å². The first-order chi connectivity index (χ1) is 5.95. The Morgan fingerprint density at radius 1 is 0.917 bits per heavy atom. The first-order valence-corrected chi connectivity index (χ1v) is 4.50. The Hall–Kier alpha value is -1.06. The molecule has 12 heavy (non-hydrogen) atoms. The molecule has 2 heterocycles. The molecule has 0 aromatic carbocycles. The largest absolute Gasteiger partial charge is 0.295 e.